The highest BCUT2D eigenvalue weighted by Crippen LogP contribution is 2.32. The first-order valence-electron chi connectivity index (χ1n) is 8.04. The lowest BCUT2D eigenvalue weighted by Crippen LogP contribution is -2.40. The minimum absolute atomic E-state index is 0.163. The monoisotopic (exact) mass is 394 g/mol. The number of aryl methyl sites for hydroxylation is 2. The van der Waals surface area contributed by atoms with Crippen molar-refractivity contribution in [3.05, 3.63) is 57.6 Å². The third-order valence-electron chi connectivity index (χ3n) is 3.76. The van der Waals surface area contributed by atoms with E-state index in [-0.39, 0.29) is 17.5 Å². The fourth-order valence-electron chi connectivity index (χ4n) is 2.33. The summed E-state index contributed by atoms with van der Waals surface area (Å²) < 4.78 is 5.52. The zero-order chi connectivity index (χ0) is 19.3. The van der Waals surface area contributed by atoms with Crippen molar-refractivity contribution in [2.24, 2.45) is 0 Å². The molecule has 0 aliphatic heterocycles. The number of ether oxygens (including phenoxy) is 1. The van der Waals surface area contributed by atoms with Crippen LogP contribution in [0.15, 0.2) is 36.4 Å². The predicted octanol–water partition coefficient (Wildman–Crippen LogP) is 4.13. The molecule has 0 spiro atoms. The van der Waals surface area contributed by atoms with Crippen LogP contribution >= 0.6 is 23.2 Å². The second kappa shape index (κ2) is 8.92. The number of para-hydroxylation sites is 1. The molecule has 0 aromatic heterocycles. The molecule has 0 fully saturated rings. The predicted molar refractivity (Wildman–Crippen MR) is 104 cm³/mol. The third kappa shape index (κ3) is 5.13. The van der Waals surface area contributed by atoms with Crippen molar-refractivity contribution >= 4 is 40.7 Å². The van der Waals surface area contributed by atoms with E-state index in [1.54, 1.807) is 25.1 Å². The van der Waals surface area contributed by atoms with E-state index in [2.05, 4.69) is 10.6 Å². The van der Waals surface area contributed by atoms with Gasteiger partial charge in [0.15, 0.2) is 6.10 Å². The molecular weight excluding hydrogens is 375 g/mol. The number of rotatable bonds is 6. The lowest BCUT2D eigenvalue weighted by molar-refractivity contribution is -0.129. The molecule has 1 atom stereocenters. The van der Waals surface area contributed by atoms with Crippen LogP contribution in [-0.4, -0.2) is 24.5 Å². The Morgan fingerprint density at radius 3 is 2.35 bits per heavy atom. The Balaban J connectivity index is 1.89. The SMILES string of the molecule is Cc1cccc(C)c1NC(=O)CNC(=O)[C@@H](C)Oc1cccc(Cl)c1Cl. The Labute approximate surface area is 162 Å². The maximum absolute atomic E-state index is 12.1. The summed E-state index contributed by atoms with van der Waals surface area (Å²) in [5, 5.41) is 5.92. The Hall–Kier alpha value is -2.24. The Kier molecular flexibility index (Phi) is 6.89. The highest BCUT2D eigenvalue weighted by molar-refractivity contribution is 6.42. The summed E-state index contributed by atoms with van der Waals surface area (Å²) in [6.07, 6.45) is -0.834. The van der Waals surface area contributed by atoms with Gasteiger partial charge in [-0.1, -0.05) is 47.5 Å². The Bertz CT molecular complexity index is 804. The van der Waals surface area contributed by atoms with E-state index in [1.807, 2.05) is 32.0 Å². The quantitative estimate of drug-likeness (QED) is 0.773. The first-order valence-corrected chi connectivity index (χ1v) is 8.79. The lowest BCUT2D eigenvalue weighted by atomic mass is 10.1. The fraction of sp³-hybridized carbons (Fsp3) is 0.263. The van der Waals surface area contributed by atoms with Gasteiger partial charge in [-0.3, -0.25) is 9.59 Å². The van der Waals surface area contributed by atoms with Gasteiger partial charge in [-0.05, 0) is 44.0 Å². The molecule has 2 rings (SSSR count). The summed E-state index contributed by atoms with van der Waals surface area (Å²) >= 11 is 12.0. The zero-order valence-electron chi connectivity index (χ0n) is 14.7. The second-order valence-electron chi connectivity index (χ2n) is 5.84. The number of carbonyl (C=O) groups excluding carboxylic acids is 2. The minimum atomic E-state index is -0.834. The summed E-state index contributed by atoms with van der Waals surface area (Å²) in [5.41, 5.74) is 2.66. The van der Waals surface area contributed by atoms with Crippen LogP contribution in [-0.2, 0) is 9.59 Å². The molecule has 0 radical (unpaired) electrons. The number of hydrogen-bond donors (Lipinski definition) is 2. The van der Waals surface area contributed by atoms with Crippen LogP contribution in [0.4, 0.5) is 5.69 Å². The van der Waals surface area contributed by atoms with E-state index in [9.17, 15) is 9.59 Å². The Morgan fingerprint density at radius 2 is 1.69 bits per heavy atom. The molecule has 26 heavy (non-hydrogen) atoms. The minimum Gasteiger partial charge on any atom is -0.479 e. The van der Waals surface area contributed by atoms with Crippen molar-refractivity contribution in [1.29, 1.82) is 0 Å². The van der Waals surface area contributed by atoms with E-state index in [4.69, 9.17) is 27.9 Å². The summed E-state index contributed by atoms with van der Waals surface area (Å²) in [6, 6.07) is 10.6. The van der Waals surface area contributed by atoms with Crippen molar-refractivity contribution in [2.75, 3.05) is 11.9 Å². The lowest BCUT2D eigenvalue weighted by Gasteiger charge is -2.16. The molecule has 5 nitrogen and oxygen atoms in total. The molecule has 0 bridgehead atoms. The maximum Gasteiger partial charge on any atom is 0.261 e. The number of nitrogens with one attached hydrogen (secondary N) is 2. The first-order chi connectivity index (χ1) is 12.3. The van der Waals surface area contributed by atoms with Crippen molar-refractivity contribution in [1.82, 2.24) is 5.32 Å². The Morgan fingerprint density at radius 1 is 1.08 bits per heavy atom. The van der Waals surface area contributed by atoms with Crippen LogP contribution in [0.1, 0.15) is 18.1 Å². The van der Waals surface area contributed by atoms with Gasteiger partial charge in [0.25, 0.3) is 5.91 Å². The number of halogens is 2. The van der Waals surface area contributed by atoms with E-state index in [1.165, 1.54) is 0 Å². The molecule has 0 heterocycles. The summed E-state index contributed by atoms with van der Waals surface area (Å²) in [4.78, 5) is 24.2. The van der Waals surface area contributed by atoms with Crippen LogP contribution in [0.5, 0.6) is 5.75 Å². The van der Waals surface area contributed by atoms with Gasteiger partial charge in [0, 0.05) is 5.69 Å². The number of amides is 2. The molecule has 7 heteroatoms. The standard InChI is InChI=1S/C19H20Cl2N2O3/c1-11-6-4-7-12(2)18(11)23-16(24)10-22-19(25)13(3)26-15-9-5-8-14(20)17(15)21/h4-9,13H,10H2,1-3H3,(H,22,25)(H,23,24)/t13-/m1/s1. The molecule has 0 aliphatic rings. The molecule has 0 unspecified atom stereocenters. The highest BCUT2D eigenvalue weighted by Gasteiger charge is 2.18. The van der Waals surface area contributed by atoms with Crippen molar-refractivity contribution in [2.45, 2.75) is 26.9 Å². The van der Waals surface area contributed by atoms with Gasteiger partial charge >= 0.3 is 0 Å². The average Bonchev–Trinajstić information content (AvgIpc) is 2.60. The highest BCUT2D eigenvalue weighted by atomic mass is 35.5. The van der Waals surface area contributed by atoms with Gasteiger partial charge in [0.1, 0.15) is 10.8 Å². The molecule has 2 aromatic rings. The number of carbonyl (C=O) groups is 2. The van der Waals surface area contributed by atoms with Crippen LogP contribution in [0.2, 0.25) is 10.0 Å². The summed E-state index contributed by atoms with van der Waals surface area (Å²) in [6.45, 7) is 5.22. The smallest absolute Gasteiger partial charge is 0.261 e. The molecule has 0 aliphatic carbocycles. The molecular formula is C19H20Cl2N2O3. The van der Waals surface area contributed by atoms with E-state index in [0.717, 1.165) is 16.8 Å². The van der Waals surface area contributed by atoms with Gasteiger partial charge in [-0.2, -0.15) is 0 Å². The van der Waals surface area contributed by atoms with Crippen LogP contribution in [0, 0.1) is 13.8 Å². The zero-order valence-corrected chi connectivity index (χ0v) is 16.2. The average molecular weight is 395 g/mol. The largest absolute Gasteiger partial charge is 0.479 e. The molecule has 0 saturated carbocycles. The number of benzene rings is 2. The van der Waals surface area contributed by atoms with Gasteiger partial charge in [0.05, 0.1) is 11.6 Å². The second-order valence-corrected chi connectivity index (χ2v) is 6.63. The van der Waals surface area contributed by atoms with E-state index < -0.39 is 12.0 Å². The normalized spacial score (nSPS) is 11.6. The molecule has 138 valence electrons. The molecule has 2 amide bonds. The van der Waals surface area contributed by atoms with Crippen LogP contribution in [0.25, 0.3) is 0 Å². The van der Waals surface area contributed by atoms with Gasteiger partial charge < -0.3 is 15.4 Å². The van der Waals surface area contributed by atoms with E-state index in [0.29, 0.717) is 10.8 Å². The van der Waals surface area contributed by atoms with Gasteiger partial charge in [-0.25, -0.2) is 0 Å². The molecule has 2 N–H and O–H groups in total. The number of hydrogen-bond acceptors (Lipinski definition) is 3. The maximum atomic E-state index is 12.1. The van der Waals surface area contributed by atoms with Crippen LogP contribution in [0.3, 0.4) is 0 Å². The topological polar surface area (TPSA) is 67.4 Å². The van der Waals surface area contributed by atoms with E-state index >= 15 is 0 Å². The van der Waals surface area contributed by atoms with Crippen molar-refractivity contribution < 1.29 is 14.3 Å². The van der Waals surface area contributed by atoms with Crippen molar-refractivity contribution in [3.63, 3.8) is 0 Å². The van der Waals surface area contributed by atoms with Gasteiger partial charge in [-0.15, -0.1) is 0 Å². The summed E-state index contributed by atoms with van der Waals surface area (Å²) in [5.74, 6) is -0.441. The van der Waals surface area contributed by atoms with Gasteiger partial charge in [0.2, 0.25) is 5.91 Å². The molecule has 2 aromatic carbocycles. The fourth-order valence-corrected chi connectivity index (χ4v) is 2.66. The van der Waals surface area contributed by atoms with Crippen LogP contribution < -0.4 is 15.4 Å². The summed E-state index contributed by atoms with van der Waals surface area (Å²) in [7, 11) is 0. The third-order valence-corrected chi connectivity index (χ3v) is 4.56. The number of anilines is 1. The molecule has 0 saturated heterocycles. The van der Waals surface area contributed by atoms with Crippen molar-refractivity contribution in [3.8, 4) is 5.75 Å². The first kappa shape index (κ1) is 20.1.